The summed E-state index contributed by atoms with van der Waals surface area (Å²) in [5.74, 6) is -4.23. The number of amides is 2. The van der Waals surface area contributed by atoms with Gasteiger partial charge in [-0.1, -0.05) is 52.5 Å². The number of cyclic esters (lactones) is 2. The molecule has 11 nitrogen and oxygen atoms in total. The minimum Gasteiger partial charge on any atom is -0.505 e. The van der Waals surface area contributed by atoms with Crippen LogP contribution in [0, 0.1) is 11.8 Å². The number of anilines is 1. The lowest BCUT2D eigenvalue weighted by molar-refractivity contribution is -0.175. The normalized spacial score (nSPS) is 21.8. The van der Waals surface area contributed by atoms with Gasteiger partial charge in [-0.3, -0.25) is 19.2 Å². The van der Waals surface area contributed by atoms with E-state index >= 15 is 0 Å². The standard InChI is InChI=1S/C27H38N2O9/c1-5-6-7-8-10-19-24(38-22(31)13-16(2)3)17(4)37-27(35)21(14-36-26(19)34)29-25(33)18-11-9-12-20(23(18)32)28-15-30/h9,11-12,15-17,19,21,24,32H,5-8,10,13-14H2,1-4H3,(H,28,30)(H,29,33)/t17-,19-,21-,24-/m0/s1. The summed E-state index contributed by atoms with van der Waals surface area (Å²) in [5, 5.41) is 15.0. The van der Waals surface area contributed by atoms with E-state index in [0.29, 0.717) is 19.3 Å². The van der Waals surface area contributed by atoms with Crippen molar-refractivity contribution < 1.29 is 43.3 Å². The van der Waals surface area contributed by atoms with E-state index in [0.717, 1.165) is 19.3 Å². The van der Waals surface area contributed by atoms with Gasteiger partial charge in [0.15, 0.2) is 17.9 Å². The molecule has 0 spiro atoms. The third-order valence-electron chi connectivity index (χ3n) is 6.15. The zero-order chi connectivity index (χ0) is 28.2. The Bertz CT molecular complexity index is 995. The molecule has 0 bridgehead atoms. The molecule has 0 aromatic heterocycles. The second-order valence-electron chi connectivity index (χ2n) is 9.77. The Balaban J connectivity index is 2.26. The summed E-state index contributed by atoms with van der Waals surface area (Å²) >= 11 is 0. The molecule has 2 amide bonds. The fourth-order valence-electron chi connectivity index (χ4n) is 4.16. The summed E-state index contributed by atoms with van der Waals surface area (Å²) in [6.07, 6.45) is 2.36. The van der Waals surface area contributed by atoms with Crippen molar-refractivity contribution in [3.8, 4) is 5.75 Å². The number of hydrogen-bond acceptors (Lipinski definition) is 9. The fraction of sp³-hybridized carbons (Fsp3) is 0.593. The van der Waals surface area contributed by atoms with E-state index in [2.05, 4.69) is 17.6 Å². The number of benzene rings is 1. The van der Waals surface area contributed by atoms with Crippen molar-refractivity contribution in [1.29, 1.82) is 0 Å². The monoisotopic (exact) mass is 534 g/mol. The average molecular weight is 535 g/mol. The van der Waals surface area contributed by atoms with Gasteiger partial charge < -0.3 is 30.0 Å². The lowest BCUT2D eigenvalue weighted by Crippen LogP contribution is -2.46. The first-order valence-electron chi connectivity index (χ1n) is 13.0. The summed E-state index contributed by atoms with van der Waals surface area (Å²) in [7, 11) is 0. The quantitative estimate of drug-likeness (QED) is 0.120. The van der Waals surface area contributed by atoms with Crippen LogP contribution >= 0.6 is 0 Å². The van der Waals surface area contributed by atoms with Gasteiger partial charge in [0.1, 0.15) is 12.7 Å². The maximum absolute atomic E-state index is 13.1. The number of para-hydroxylation sites is 1. The molecule has 3 N–H and O–H groups in total. The zero-order valence-corrected chi connectivity index (χ0v) is 22.4. The van der Waals surface area contributed by atoms with Crippen molar-refractivity contribution in [3.05, 3.63) is 23.8 Å². The maximum Gasteiger partial charge on any atom is 0.332 e. The van der Waals surface area contributed by atoms with Crippen LogP contribution in [0.15, 0.2) is 18.2 Å². The topological polar surface area (TPSA) is 157 Å². The zero-order valence-electron chi connectivity index (χ0n) is 22.4. The molecule has 1 aliphatic rings. The number of ether oxygens (including phenoxy) is 3. The number of rotatable bonds is 12. The number of phenols is 1. The van der Waals surface area contributed by atoms with Gasteiger partial charge in [-0.05, 0) is 31.4 Å². The molecule has 4 atom stereocenters. The molecular formula is C27H38N2O9. The first-order valence-corrected chi connectivity index (χ1v) is 13.0. The third-order valence-corrected chi connectivity index (χ3v) is 6.15. The molecule has 1 heterocycles. The number of hydrogen-bond donors (Lipinski definition) is 3. The van der Waals surface area contributed by atoms with Crippen molar-refractivity contribution in [3.63, 3.8) is 0 Å². The van der Waals surface area contributed by atoms with Crippen molar-refractivity contribution in [2.75, 3.05) is 11.9 Å². The summed E-state index contributed by atoms with van der Waals surface area (Å²) < 4.78 is 16.6. The van der Waals surface area contributed by atoms with E-state index in [1.807, 2.05) is 13.8 Å². The van der Waals surface area contributed by atoms with Crippen LogP contribution in [-0.2, 0) is 33.4 Å². The van der Waals surface area contributed by atoms with Crippen molar-refractivity contribution >= 4 is 35.9 Å². The van der Waals surface area contributed by atoms with E-state index < -0.39 is 60.3 Å². The van der Waals surface area contributed by atoms with Crippen LogP contribution in [0.2, 0.25) is 0 Å². The van der Waals surface area contributed by atoms with Gasteiger partial charge in [0.05, 0.1) is 17.2 Å². The van der Waals surface area contributed by atoms with Gasteiger partial charge in [-0.15, -0.1) is 0 Å². The Morgan fingerprint density at radius 3 is 2.58 bits per heavy atom. The summed E-state index contributed by atoms with van der Waals surface area (Å²) in [6.45, 7) is 6.80. The smallest absolute Gasteiger partial charge is 0.332 e. The molecule has 1 aromatic rings. The highest BCUT2D eigenvalue weighted by Gasteiger charge is 2.41. The summed E-state index contributed by atoms with van der Waals surface area (Å²) in [4.78, 5) is 62.2. The molecule has 0 radical (unpaired) electrons. The molecule has 1 saturated heterocycles. The molecule has 2 rings (SSSR count). The van der Waals surface area contributed by atoms with Crippen LogP contribution < -0.4 is 10.6 Å². The van der Waals surface area contributed by atoms with E-state index in [1.165, 1.54) is 25.1 Å². The molecule has 0 aliphatic carbocycles. The molecule has 0 unspecified atom stereocenters. The average Bonchev–Trinajstić information content (AvgIpc) is 2.88. The van der Waals surface area contributed by atoms with E-state index in [-0.39, 0.29) is 23.6 Å². The van der Waals surface area contributed by atoms with Crippen LogP contribution in [-0.4, -0.2) is 60.2 Å². The number of carbonyl (C=O) groups is 5. The first-order chi connectivity index (χ1) is 18.1. The van der Waals surface area contributed by atoms with Gasteiger partial charge >= 0.3 is 17.9 Å². The summed E-state index contributed by atoms with van der Waals surface area (Å²) in [6, 6.07) is 2.73. The minimum absolute atomic E-state index is 0.00159. The van der Waals surface area contributed by atoms with Crippen molar-refractivity contribution in [1.82, 2.24) is 5.32 Å². The highest BCUT2D eigenvalue weighted by molar-refractivity contribution is 6.01. The number of phenolic OH excluding ortho intramolecular Hbond substituents is 1. The molecule has 210 valence electrons. The molecule has 11 heteroatoms. The van der Waals surface area contributed by atoms with E-state index in [4.69, 9.17) is 14.2 Å². The molecule has 1 fully saturated rings. The maximum atomic E-state index is 13.1. The second kappa shape index (κ2) is 14.9. The number of carbonyl (C=O) groups excluding carboxylic acids is 5. The molecule has 1 aliphatic heterocycles. The van der Waals surface area contributed by atoms with E-state index in [9.17, 15) is 29.1 Å². The third kappa shape index (κ3) is 8.74. The lowest BCUT2D eigenvalue weighted by atomic mass is 9.92. The van der Waals surface area contributed by atoms with E-state index in [1.54, 1.807) is 0 Å². The molecule has 1 aromatic carbocycles. The van der Waals surface area contributed by atoms with Gasteiger partial charge in [-0.25, -0.2) is 4.79 Å². The highest BCUT2D eigenvalue weighted by Crippen LogP contribution is 2.28. The number of nitrogens with one attached hydrogen (secondary N) is 2. The number of unbranched alkanes of at least 4 members (excludes halogenated alkanes) is 3. The molecule has 38 heavy (non-hydrogen) atoms. The van der Waals surface area contributed by atoms with Gasteiger partial charge in [-0.2, -0.15) is 0 Å². The molecular weight excluding hydrogens is 496 g/mol. The Morgan fingerprint density at radius 2 is 1.92 bits per heavy atom. The second-order valence-corrected chi connectivity index (χ2v) is 9.77. The highest BCUT2D eigenvalue weighted by atomic mass is 16.6. The van der Waals surface area contributed by atoms with Crippen LogP contribution in [0.4, 0.5) is 5.69 Å². The Kier molecular flexibility index (Phi) is 12.0. The SMILES string of the molecule is CCCCCC[C@@H]1C(=O)OC[C@H](NC(=O)c2cccc(NC=O)c2O)C(=O)O[C@@H](C)[C@@H]1OC(=O)CC(C)C. The van der Waals surface area contributed by atoms with Crippen LogP contribution in [0.3, 0.4) is 0 Å². The van der Waals surface area contributed by atoms with Gasteiger partial charge in [0, 0.05) is 6.42 Å². The van der Waals surface area contributed by atoms with Gasteiger partial charge in [0.25, 0.3) is 5.91 Å². The van der Waals surface area contributed by atoms with Crippen molar-refractivity contribution in [2.45, 2.75) is 84.5 Å². The number of esters is 3. The minimum atomic E-state index is -1.39. The Labute approximate surface area is 222 Å². The largest absolute Gasteiger partial charge is 0.505 e. The summed E-state index contributed by atoms with van der Waals surface area (Å²) in [5.41, 5.74) is -0.208. The van der Waals surface area contributed by atoms with Crippen LogP contribution in [0.1, 0.15) is 76.6 Å². The lowest BCUT2D eigenvalue weighted by Gasteiger charge is -2.29. The predicted molar refractivity (Wildman–Crippen MR) is 137 cm³/mol. The van der Waals surface area contributed by atoms with Crippen LogP contribution in [0.25, 0.3) is 0 Å². The first kappa shape index (κ1) is 30.6. The Morgan fingerprint density at radius 1 is 1.18 bits per heavy atom. The van der Waals surface area contributed by atoms with Crippen LogP contribution in [0.5, 0.6) is 5.75 Å². The predicted octanol–water partition coefficient (Wildman–Crippen LogP) is 3.09. The van der Waals surface area contributed by atoms with Gasteiger partial charge in [0.2, 0.25) is 6.41 Å². The fourth-order valence-corrected chi connectivity index (χ4v) is 4.16. The molecule has 0 saturated carbocycles. The Hall–Kier alpha value is -3.63. The van der Waals surface area contributed by atoms with Crippen molar-refractivity contribution in [2.24, 2.45) is 11.8 Å². The number of aromatic hydroxyl groups is 1.